The van der Waals surface area contributed by atoms with Gasteiger partial charge in [0, 0.05) is 104 Å². The average molecular weight is 1610 g/mol. The number of amides is 8. The smallest absolute Gasteiger partial charge is 0.330 e. The minimum Gasteiger partial charge on any atom is -0.495 e. The molecular weight excluding hydrogens is 1530 g/mol. The fraction of sp³-hybridized carbons (Fsp3) is 0.371. The topological polar surface area (TPSA) is 320 Å². The zero-order valence-electron chi connectivity index (χ0n) is 59.7. The second-order valence-corrected chi connectivity index (χ2v) is 27.5. The van der Waals surface area contributed by atoms with Crippen molar-refractivity contribution in [2.24, 2.45) is 0 Å². The van der Waals surface area contributed by atoms with E-state index in [0.717, 1.165) is 36.9 Å². The van der Waals surface area contributed by atoms with Crippen LogP contribution in [0, 0.1) is 0 Å². The van der Waals surface area contributed by atoms with Crippen molar-refractivity contribution >= 4 is 169 Å². The summed E-state index contributed by atoms with van der Waals surface area (Å²) in [6.07, 6.45) is 9.64. The summed E-state index contributed by atoms with van der Waals surface area (Å²) in [7, 11) is 12.1. The second kappa shape index (κ2) is 35.0. The first-order chi connectivity index (χ1) is 51.6. The van der Waals surface area contributed by atoms with E-state index in [1.807, 2.05) is 42.6 Å². The lowest BCUT2D eigenvalue weighted by molar-refractivity contribution is -0.122. The lowest BCUT2D eigenvalue weighted by atomic mass is 9.90. The molecule has 8 aromatic rings. The van der Waals surface area contributed by atoms with Crippen LogP contribution in [-0.2, 0) is 40.5 Å². The number of carbonyl (C=O) groups excluding carboxylic acids is 5. The van der Waals surface area contributed by atoms with Crippen molar-refractivity contribution in [2.45, 2.75) is 103 Å². The zero-order valence-corrected chi connectivity index (χ0v) is 65.0. The number of hydrogen-bond donors (Lipinski definition) is 5. The van der Waals surface area contributed by atoms with Crippen molar-refractivity contribution < 1.29 is 57.1 Å². The molecule has 8 amide bonds. The molecule has 0 bridgehead atoms. The summed E-state index contributed by atoms with van der Waals surface area (Å²) in [6.45, 7) is 5.04. The van der Waals surface area contributed by atoms with Crippen LogP contribution in [0.1, 0.15) is 74.8 Å². The van der Waals surface area contributed by atoms with Gasteiger partial charge >= 0.3 is 18.1 Å². The van der Waals surface area contributed by atoms with Crippen LogP contribution in [0.4, 0.5) is 72.4 Å². The molecule has 1 aliphatic carbocycles. The fourth-order valence-electron chi connectivity index (χ4n) is 12.4. The van der Waals surface area contributed by atoms with Gasteiger partial charge in [-0.2, -0.15) is 15.0 Å². The van der Waals surface area contributed by atoms with Crippen LogP contribution in [0.5, 0.6) is 34.5 Å². The Morgan fingerprint density at radius 3 is 1.35 bits per heavy atom. The number of anilines is 10. The first-order valence-electron chi connectivity index (χ1n) is 33.5. The third-order valence-corrected chi connectivity index (χ3v) is 20.8. The molecule has 4 atom stereocenters. The number of benzene rings is 4. The Balaban J connectivity index is 0.000000162. The normalized spacial score (nSPS) is 17.3. The molecule has 5 N–H and O–H groups in total. The highest BCUT2D eigenvalue weighted by atomic mass is 35.5. The predicted octanol–water partition coefficient (Wildman–Crippen LogP) is 13.9. The summed E-state index contributed by atoms with van der Waals surface area (Å²) in [5.41, 5.74) is 6.21. The number of nitrogens with one attached hydrogen (secondary N) is 5. The molecular formula is C70H76Cl6N18O12S. The van der Waals surface area contributed by atoms with Gasteiger partial charge in [-0.05, 0) is 25.0 Å². The van der Waals surface area contributed by atoms with E-state index < -0.39 is 6.03 Å². The van der Waals surface area contributed by atoms with Gasteiger partial charge in [0.05, 0.1) is 122 Å². The number of halogens is 6. The van der Waals surface area contributed by atoms with Gasteiger partial charge in [0.2, 0.25) is 29.7 Å². The maximum absolute atomic E-state index is 14.1. The Morgan fingerprint density at radius 1 is 0.514 bits per heavy atom. The predicted molar refractivity (Wildman–Crippen MR) is 413 cm³/mol. The average Bonchev–Trinajstić information content (AvgIpc) is 1.17. The molecule has 2 fully saturated rings. The molecule has 4 aromatic carbocycles. The highest BCUT2D eigenvalue weighted by Gasteiger charge is 2.41. The molecule has 0 unspecified atom stereocenters. The molecule has 4 aliphatic heterocycles. The fourth-order valence-corrected chi connectivity index (χ4v) is 15.1. The number of aromatic nitrogens is 7. The van der Waals surface area contributed by atoms with Gasteiger partial charge in [0.15, 0.2) is 0 Å². The van der Waals surface area contributed by atoms with E-state index >= 15 is 0 Å². The molecule has 4 aromatic heterocycles. The van der Waals surface area contributed by atoms with Crippen LogP contribution >= 0.6 is 80.9 Å². The lowest BCUT2D eigenvalue weighted by Crippen LogP contribution is -2.49. The van der Waals surface area contributed by atoms with Crippen molar-refractivity contribution in [3.63, 3.8) is 0 Å². The number of methoxy groups -OCH3 is 6. The highest BCUT2D eigenvalue weighted by Crippen LogP contribution is 2.51. The number of hydrogen-bond acceptors (Lipinski definition) is 23. The lowest BCUT2D eigenvalue weighted by Gasteiger charge is -2.37. The summed E-state index contributed by atoms with van der Waals surface area (Å²) in [5.74, 6) is 4.43. The van der Waals surface area contributed by atoms with Crippen LogP contribution in [0.3, 0.4) is 0 Å². The second-order valence-electron chi connectivity index (χ2n) is 24.6. The summed E-state index contributed by atoms with van der Waals surface area (Å²) in [5, 5.41) is 18.8. The first-order valence-corrected chi connectivity index (χ1v) is 36.7. The SMILES string of the molecule is CCC(=O)N[C@H]1CCCC[C@H]1Nc1ncc2c(n1)N(Cc1cscn1)C(=O)N(c1c(Cl)c(OC)cc(OC)c1Cl)C2.CCC(=O)N[C@H]1COC[C@H]1Nc1ncc2c(n1)N(C)C(=O)N(c1c(Cl)c(OC)cc(OC)c1Cl)C2.COc1cc(OC)c(Cl)c(N2Cc3cnc(Nc4ccccc4)nc3N(C)C2=O)c1Cl. The van der Waals surface area contributed by atoms with Crippen molar-refractivity contribution in [3.8, 4) is 34.5 Å². The third kappa shape index (κ3) is 16.9. The molecule has 0 radical (unpaired) electrons. The Hall–Kier alpha value is -9.60. The number of ether oxygens (including phenoxy) is 7. The standard InChI is InChI=1S/C27H31Cl2N7O4S.C22H26Cl2N6O5.C21H19Cl2N5O3/c1-4-21(37)32-17-7-5-6-8-18(17)33-26-30-10-15-11-35(24-22(28)19(39-2)9-20(40-3)23(24)29)27(38)36(25(15)34-26)12-16-13-41-14-31-16;1-5-16(31)26-12-9-35-10-13(12)27-21-25-7-11-8-30(22(32)29(2)20(11)28-21)19-17(23)14(33-3)6-15(34-4)18(19)24;1-27-19-12(10-24-20(26-19)25-13-7-5-4-6-8-13)11-28(21(27)29)18-16(22)14(30-2)9-15(31-3)17(18)23/h9-10,13-14,17-18H,4-8,11-12H2,1-3H3,(H,32,37)(H,30,33,34);6-7,12-13H,5,8-10H2,1-4H3,(H,26,31)(H,25,27,28);4-10H,11H2,1-3H3,(H,24,25,26)/t17-,18+;12-,13+;/m00./s1. The molecule has 8 heterocycles. The van der Waals surface area contributed by atoms with Crippen LogP contribution < -0.4 is 84.4 Å². The molecule has 0 spiro atoms. The van der Waals surface area contributed by atoms with Gasteiger partial charge in [-0.15, -0.1) is 11.3 Å². The number of nitrogens with zero attached hydrogens (tertiary/aromatic N) is 13. The number of fused-ring (bicyclic) bond motifs is 3. The number of carbonyl (C=O) groups is 5. The number of para-hydroxylation sites is 1. The minimum absolute atomic E-state index is 0.0154. The van der Waals surface area contributed by atoms with Gasteiger partial charge < -0.3 is 59.7 Å². The maximum atomic E-state index is 14.1. The molecule has 1 saturated heterocycles. The minimum atomic E-state index is -0.390. The summed E-state index contributed by atoms with van der Waals surface area (Å²) < 4.78 is 37.7. The quantitative estimate of drug-likeness (QED) is 0.0446. The van der Waals surface area contributed by atoms with Crippen molar-refractivity contribution in [2.75, 3.05) is 115 Å². The molecule has 37 heteroatoms. The Bertz CT molecular complexity index is 4540. The molecule has 107 heavy (non-hydrogen) atoms. The van der Waals surface area contributed by atoms with Crippen LogP contribution in [0.2, 0.25) is 30.1 Å². The molecule has 1 saturated carbocycles. The van der Waals surface area contributed by atoms with E-state index in [1.165, 1.54) is 83.4 Å². The van der Waals surface area contributed by atoms with Gasteiger partial charge in [-0.1, -0.05) is 114 Å². The van der Waals surface area contributed by atoms with E-state index in [-0.39, 0.29) is 116 Å². The Morgan fingerprint density at radius 2 is 0.907 bits per heavy atom. The first kappa shape index (κ1) is 78.5. The van der Waals surface area contributed by atoms with E-state index in [1.54, 1.807) is 63.3 Å². The molecule has 5 aliphatic rings. The van der Waals surface area contributed by atoms with Gasteiger partial charge in [0.25, 0.3) is 0 Å². The Kier molecular flexibility index (Phi) is 25.6. The van der Waals surface area contributed by atoms with Crippen molar-refractivity contribution in [1.82, 2.24) is 45.5 Å². The number of rotatable bonds is 21. The van der Waals surface area contributed by atoms with E-state index in [0.29, 0.717) is 118 Å². The van der Waals surface area contributed by atoms with Gasteiger partial charge in [-0.25, -0.2) is 34.3 Å². The van der Waals surface area contributed by atoms with Crippen molar-refractivity contribution in [1.29, 1.82) is 0 Å². The largest absolute Gasteiger partial charge is 0.495 e. The van der Waals surface area contributed by atoms with E-state index in [2.05, 4.69) is 56.5 Å². The van der Waals surface area contributed by atoms with Crippen LogP contribution in [0.25, 0.3) is 0 Å². The van der Waals surface area contributed by atoms with Crippen LogP contribution in [0.15, 0.2) is 78.0 Å². The number of thiazole rings is 1. The zero-order chi connectivity index (χ0) is 76.5. The summed E-state index contributed by atoms with van der Waals surface area (Å²) in [4.78, 5) is 105. The van der Waals surface area contributed by atoms with Crippen molar-refractivity contribution in [3.05, 3.63) is 131 Å². The van der Waals surface area contributed by atoms with E-state index in [4.69, 9.17) is 108 Å². The highest BCUT2D eigenvalue weighted by molar-refractivity contribution is 7.07. The molecule has 13 rings (SSSR count). The molecule has 566 valence electrons. The van der Waals surface area contributed by atoms with Crippen LogP contribution in [-0.4, -0.2) is 159 Å². The third-order valence-electron chi connectivity index (χ3n) is 18.0. The molecule has 30 nitrogen and oxygen atoms in total. The van der Waals surface area contributed by atoms with Gasteiger partial charge in [-0.3, -0.25) is 39.0 Å². The van der Waals surface area contributed by atoms with Gasteiger partial charge in [0.1, 0.15) is 82.1 Å². The van der Waals surface area contributed by atoms with E-state index in [9.17, 15) is 24.0 Å². The summed E-state index contributed by atoms with van der Waals surface area (Å²) >= 11 is 40.9. The number of urea groups is 3. The maximum Gasteiger partial charge on any atom is 0.330 e. The summed E-state index contributed by atoms with van der Waals surface area (Å²) in [6, 6.07) is 12.7. The monoisotopic (exact) mass is 1600 g/mol. The Labute approximate surface area is 650 Å².